The van der Waals surface area contributed by atoms with Crippen LogP contribution in [0.4, 0.5) is 5.82 Å². The van der Waals surface area contributed by atoms with Gasteiger partial charge in [0.2, 0.25) is 0 Å². The molecule has 1 saturated heterocycles. The van der Waals surface area contributed by atoms with Crippen molar-refractivity contribution in [2.45, 2.75) is 25.4 Å². The summed E-state index contributed by atoms with van der Waals surface area (Å²) in [6.45, 7) is 3.00. The highest BCUT2D eigenvalue weighted by molar-refractivity contribution is 5.37. The molecular weight excluding hydrogens is 324 g/mol. The van der Waals surface area contributed by atoms with Gasteiger partial charge in [0.25, 0.3) is 0 Å². The first-order valence-electron chi connectivity index (χ1n) is 9.11. The molecule has 0 aliphatic carbocycles. The summed E-state index contributed by atoms with van der Waals surface area (Å²) >= 11 is 0. The third-order valence-corrected chi connectivity index (χ3v) is 5.04. The second-order valence-electron chi connectivity index (χ2n) is 6.86. The lowest BCUT2D eigenvalue weighted by Crippen LogP contribution is -2.46. The number of nitrogens with zero attached hydrogens (tertiary/aromatic N) is 6. The zero-order valence-electron chi connectivity index (χ0n) is 15.1. The van der Waals surface area contributed by atoms with E-state index in [1.54, 1.807) is 12.4 Å². The van der Waals surface area contributed by atoms with Crippen molar-refractivity contribution >= 4 is 5.82 Å². The molecule has 1 atom stereocenters. The maximum absolute atomic E-state index is 4.28. The van der Waals surface area contributed by atoms with Crippen LogP contribution in [0.3, 0.4) is 0 Å². The molecule has 134 valence electrons. The van der Waals surface area contributed by atoms with Crippen molar-refractivity contribution in [3.63, 3.8) is 0 Å². The highest BCUT2D eigenvalue weighted by Gasteiger charge is 2.24. The summed E-state index contributed by atoms with van der Waals surface area (Å²) in [5.74, 6) is 0.981. The van der Waals surface area contributed by atoms with Crippen LogP contribution in [0.1, 0.15) is 18.4 Å². The Morgan fingerprint density at radius 3 is 2.73 bits per heavy atom. The Kier molecular flexibility index (Phi) is 4.93. The number of hydrogen-bond acceptors (Lipinski definition) is 5. The summed E-state index contributed by atoms with van der Waals surface area (Å²) in [6.07, 6.45) is 7.89. The molecule has 0 amide bonds. The van der Waals surface area contributed by atoms with Gasteiger partial charge in [-0.25, -0.2) is 4.68 Å². The zero-order chi connectivity index (χ0) is 17.8. The van der Waals surface area contributed by atoms with Crippen LogP contribution in [0.15, 0.2) is 61.1 Å². The maximum atomic E-state index is 4.28. The predicted molar refractivity (Wildman–Crippen MR) is 102 cm³/mol. The first kappa shape index (κ1) is 16.7. The smallest absolute Gasteiger partial charge is 0.151 e. The predicted octanol–water partition coefficient (Wildman–Crippen LogP) is 2.76. The molecule has 0 spiro atoms. The molecule has 1 aromatic carbocycles. The highest BCUT2D eigenvalue weighted by Crippen LogP contribution is 2.21. The van der Waals surface area contributed by atoms with E-state index in [4.69, 9.17) is 0 Å². The third kappa shape index (κ3) is 3.75. The lowest BCUT2D eigenvalue weighted by Gasteiger charge is -2.38. The maximum Gasteiger partial charge on any atom is 0.151 e. The summed E-state index contributed by atoms with van der Waals surface area (Å²) in [5, 5.41) is 12.6. The van der Waals surface area contributed by atoms with Crippen LogP contribution < -0.4 is 4.90 Å². The Labute approximate surface area is 154 Å². The van der Waals surface area contributed by atoms with Crippen molar-refractivity contribution in [3.05, 3.63) is 66.6 Å². The van der Waals surface area contributed by atoms with E-state index in [0.29, 0.717) is 6.04 Å². The minimum absolute atomic E-state index is 0.525. The van der Waals surface area contributed by atoms with Crippen LogP contribution >= 0.6 is 0 Å². The molecule has 6 heteroatoms. The molecule has 1 fully saturated rings. The van der Waals surface area contributed by atoms with E-state index in [1.165, 1.54) is 18.4 Å². The molecule has 3 heterocycles. The first-order chi connectivity index (χ1) is 12.8. The molecule has 0 unspecified atom stereocenters. The van der Waals surface area contributed by atoms with E-state index < -0.39 is 0 Å². The van der Waals surface area contributed by atoms with Crippen molar-refractivity contribution < 1.29 is 0 Å². The van der Waals surface area contributed by atoms with Crippen LogP contribution in [0, 0.1) is 0 Å². The second-order valence-corrected chi connectivity index (χ2v) is 6.86. The normalized spacial score (nSPS) is 17.6. The molecule has 0 radical (unpaired) electrons. The monoisotopic (exact) mass is 348 g/mol. The molecule has 0 saturated carbocycles. The van der Waals surface area contributed by atoms with Crippen molar-refractivity contribution in [3.8, 4) is 5.69 Å². The van der Waals surface area contributed by atoms with E-state index in [9.17, 15) is 0 Å². The lowest BCUT2D eigenvalue weighted by atomic mass is 10.0. The molecular formula is C20H24N6. The van der Waals surface area contributed by atoms with Gasteiger partial charge < -0.3 is 4.90 Å². The first-order valence-corrected chi connectivity index (χ1v) is 9.11. The van der Waals surface area contributed by atoms with Gasteiger partial charge in [-0.3, -0.25) is 4.90 Å². The van der Waals surface area contributed by atoms with Crippen LogP contribution in [0.2, 0.25) is 0 Å². The van der Waals surface area contributed by atoms with Gasteiger partial charge in [0.1, 0.15) is 0 Å². The van der Waals surface area contributed by atoms with Gasteiger partial charge in [0.15, 0.2) is 5.82 Å². The molecule has 1 aliphatic rings. The molecule has 0 N–H and O–H groups in total. The Hall–Kier alpha value is -2.73. The SMILES string of the molecule is CN(Cc1ccc(-n2cccn2)cc1)[C@@H]1CCCN(c2cccnn2)C1. The molecule has 6 nitrogen and oxygen atoms in total. The molecule has 1 aliphatic heterocycles. The average Bonchev–Trinajstić information content (AvgIpc) is 3.24. The van der Waals surface area contributed by atoms with Gasteiger partial charge in [-0.15, -0.1) is 5.10 Å². The number of aromatic nitrogens is 4. The van der Waals surface area contributed by atoms with Gasteiger partial charge in [-0.05, 0) is 55.8 Å². The van der Waals surface area contributed by atoms with Gasteiger partial charge in [-0.1, -0.05) is 12.1 Å². The number of anilines is 1. The van der Waals surface area contributed by atoms with Gasteiger partial charge in [0.05, 0.1) is 5.69 Å². The second kappa shape index (κ2) is 7.66. The van der Waals surface area contributed by atoms with Crippen LogP contribution in [0.5, 0.6) is 0 Å². The van der Waals surface area contributed by atoms with Crippen molar-refractivity contribution in [1.29, 1.82) is 0 Å². The van der Waals surface area contributed by atoms with Gasteiger partial charge in [-0.2, -0.15) is 10.2 Å². The Morgan fingerprint density at radius 2 is 2.00 bits per heavy atom. The van der Waals surface area contributed by atoms with Crippen LogP contribution in [-0.4, -0.2) is 51.1 Å². The van der Waals surface area contributed by atoms with E-state index in [1.807, 2.05) is 29.1 Å². The fourth-order valence-corrected chi connectivity index (χ4v) is 3.58. The summed E-state index contributed by atoms with van der Waals surface area (Å²) in [6, 6.07) is 15.1. The zero-order valence-corrected chi connectivity index (χ0v) is 15.1. The molecule has 26 heavy (non-hydrogen) atoms. The molecule has 2 aromatic heterocycles. The summed E-state index contributed by atoms with van der Waals surface area (Å²) in [7, 11) is 2.21. The Bertz CT molecular complexity index is 800. The largest absolute Gasteiger partial charge is 0.354 e. The molecule has 4 rings (SSSR count). The third-order valence-electron chi connectivity index (χ3n) is 5.04. The number of benzene rings is 1. The minimum atomic E-state index is 0.525. The molecule has 3 aromatic rings. The molecule has 0 bridgehead atoms. The fourth-order valence-electron chi connectivity index (χ4n) is 3.58. The number of likely N-dealkylation sites (N-methyl/N-ethyl adjacent to an activating group) is 1. The minimum Gasteiger partial charge on any atom is -0.354 e. The van der Waals surface area contributed by atoms with Gasteiger partial charge >= 0.3 is 0 Å². The average molecular weight is 348 g/mol. The number of rotatable bonds is 5. The van der Waals surface area contributed by atoms with Crippen LogP contribution in [-0.2, 0) is 6.54 Å². The standard InChI is InChI=1S/C20H24N6/c1-24(15-17-7-9-18(10-8-17)26-14-4-12-22-26)19-5-3-13-25(16-19)20-6-2-11-21-23-20/h2,4,6-12,14,19H,3,5,13,15-16H2,1H3/t19-/m1/s1. The number of piperidine rings is 1. The van der Waals surface area contributed by atoms with Crippen molar-refractivity contribution in [1.82, 2.24) is 24.9 Å². The van der Waals surface area contributed by atoms with Crippen molar-refractivity contribution in [2.24, 2.45) is 0 Å². The van der Waals surface area contributed by atoms with E-state index in [2.05, 4.69) is 56.4 Å². The summed E-state index contributed by atoms with van der Waals surface area (Å²) in [5.41, 5.74) is 2.41. The highest BCUT2D eigenvalue weighted by atomic mass is 15.3. The topological polar surface area (TPSA) is 50.1 Å². The Morgan fingerprint density at radius 1 is 1.12 bits per heavy atom. The van der Waals surface area contributed by atoms with Crippen LogP contribution in [0.25, 0.3) is 5.69 Å². The summed E-state index contributed by atoms with van der Waals surface area (Å²) in [4.78, 5) is 4.80. The Balaban J connectivity index is 1.39. The van der Waals surface area contributed by atoms with Gasteiger partial charge in [0, 0.05) is 44.3 Å². The number of hydrogen-bond donors (Lipinski definition) is 0. The van der Waals surface area contributed by atoms with Crippen molar-refractivity contribution in [2.75, 3.05) is 25.0 Å². The summed E-state index contributed by atoms with van der Waals surface area (Å²) < 4.78 is 1.88. The fraction of sp³-hybridized carbons (Fsp3) is 0.350. The van der Waals surface area contributed by atoms with E-state index in [-0.39, 0.29) is 0 Å². The van der Waals surface area contributed by atoms with E-state index >= 15 is 0 Å². The quantitative estimate of drug-likeness (QED) is 0.710. The lowest BCUT2D eigenvalue weighted by molar-refractivity contribution is 0.207. The van der Waals surface area contributed by atoms with E-state index in [0.717, 1.165) is 31.1 Å².